The highest BCUT2D eigenvalue weighted by Gasteiger charge is 2.15. The third-order valence-corrected chi connectivity index (χ3v) is 5.52. The third-order valence-electron chi connectivity index (χ3n) is 4.13. The first-order valence-corrected chi connectivity index (χ1v) is 9.57. The second-order valence-corrected chi connectivity index (χ2v) is 8.21. The van der Waals surface area contributed by atoms with Gasteiger partial charge in [-0.1, -0.05) is 23.8 Å². The van der Waals surface area contributed by atoms with Crippen LogP contribution in [0.2, 0.25) is 0 Å². The molecule has 0 fully saturated rings. The van der Waals surface area contributed by atoms with Crippen LogP contribution in [0, 0.1) is 20.8 Å². The fourth-order valence-electron chi connectivity index (χ4n) is 2.95. The summed E-state index contributed by atoms with van der Waals surface area (Å²) in [6, 6.07) is 12.6. The number of hydrogen-bond acceptors (Lipinski definition) is 2. The highest BCUT2D eigenvalue weighted by molar-refractivity contribution is 7.92. The molecule has 5 heteroatoms. The van der Waals surface area contributed by atoms with Gasteiger partial charge in [-0.3, -0.25) is 4.72 Å². The van der Waals surface area contributed by atoms with Crippen LogP contribution in [0.25, 0.3) is 11.1 Å². The topological polar surface area (TPSA) is 51.1 Å². The molecule has 0 unspecified atom stereocenters. The van der Waals surface area contributed by atoms with Gasteiger partial charge in [-0.2, -0.15) is 0 Å². The second kappa shape index (κ2) is 6.41. The smallest absolute Gasteiger partial charge is 0.261 e. The van der Waals surface area contributed by atoms with E-state index in [0.29, 0.717) is 5.69 Å². The van der Waals surface area contributed by atoms with E-state index in [-0.39, 0.29) is 4.90 Å². The second-order valence-electron chi connectivity index (χ2n) is 6.53. The van der Waals surface area contributed by atoms with Gasteiger partial charge in [-0.15, -0.1) is 0 Å². The molecule has 0 radical (unpaired) electrons. The largest absolute Gasteiger partial charge is 0.356 e. The number of hydrogen-bond donors (Lipinski definition) is 1. The van der Waals surface area contributed by atoms with Gasteiger partial charge >= 0.3 is 0 Å². The van der Waals surface area contributed by atoms with E-state index in [1.54, 1.807) is 24.3 Å². The summed E-state index contributed by atoms with van der Waals surface area (Å²) in [5.41, 5.74) is 5.85. The van der Waals surface area contributed by atoms with Crippen LogP contribution in [-0.2, 0) is 17.1 Å². The average molecular weight is 354 g/mol. The number of benzene rings is 2. The van der Waals surface area contributed by atoms with Crippen molar-refractivity contribution >= 4 is 15.7 Å². The summed E-state index contributed by atoms with van der Waals surface area (Å²) in [4.78, 5) is 0.261. The molecule has 3 aromatic rings. The summed E-state index contributed by atoms with van der Waals surface area (Å²) in [5.74, 6) is 0. The van der Waals surface area contributed by atoms with Crippen molar-refractivity contribution in [3.8, 4) is 11.1 Å². The summed E-state index contributed by atoms with van der Waals surface area (Å²) >= 11 is 0. The van der Waals surface area contributed by atoms with Crippen LogP contribution in [-0.4, -0.2) is 13.0 Å². The summed E-state index contributed by atoms with van der Waals surface area (Å²) in [5, 5.41) is 0. The molecule has 1 aromatic heterocycles. The Morgan fingerprint density at radius 2 is 1.56 bits per heavy atom. The fourth-order valence-corrected chi connectivity index (χ4v) is 3.99. The summed E-state index contributed by atoms with van der Waals surface area (Å²) in [6.45, 7) is 5.94. The number of aryl methyl sites for hydroxylation is 4. The van der Waals surface area contributed by atoms with Crippen LogP contribution in [0.3, 0.4) is 0 Å². The Balaban J connectivity index is 1.98. The SMILES string of the molecule is Cc1ccc(S(=O)(=O)Nc2cc(C)cc(-c3cn(C)cc3C)c2)cc1. The van der Waals surface area contributed by atoms with Crippen molar-refractivity contribution in [3.63, 3.8) is 0 Å². The number of anilines is 1. The predicted octanol–water partition coefficient (Wildman–Crippen LogP) is 4.42. The maximum Gasteiger partial charge on any atom is 0.261 e. The molecular formula is C20H22N2O2S. The van der Waals surface area contributed by atoms with Gasteiger partial charge in [0.1, 0.15) is 0 Å². The van der Waals surface area contributed by atoms with Crippen molar-refractivity contribution < 1.29 is 8.42 Å². The molecule has 3 rings (SSSR count). The van der Waals surface area contributed by atoms with Crippen LogP contribution >= 0.6 is 0 Å². The number of nitrogens with one attached hydrogen (secondary N) is 1. The molecule has 25 heavy (non-hydrogen) atoms. The standard InChI is InChI=1S/C20H22N2O2S/c1-14-5-7-19(8-6-14)25(23,24)21-18-10-15(2)9-17(11-18)20-13-22(4)12-16(20)3/h5-13,21H,1-4H3. The van der Waals surface area contributed by atoms with Crippen molar-refractivity contribution in [2.24, 2.45) is 7.05 Å². The zero-order valence-electron chi connectivity index (χ0n) is 14.9. The number of aromatic nitrogens is 1. The minimum Gasteiger partial charge on any atom is -0.356 e. The molecule has 0 spiro atoms. The quantitative estimate of drug-likeness (QED) is 0.754. The molecule has 4 nitrogen and oxygen atoms in total. The number of rotatable bonds is 4. The van der Waals surface area contributed by atoms with Gasteiger partial charge in [-0.25, -0.2) is 8.42 Å². The number of nitrogens with zero attached hydrogens (tertiary/aromatic N) is 1. The highest BCUT2D eigenvalue weighted by Crippen LogP contribution is 2.29. The fraction of sp³-hybridized carbons (Fsp3) is 0.200. The maximum absolute atomic E-state index is 12.6. The van der Waals surface area contributed by atoms with Crippen molar-refractivity contribution in [3.05, 3.63) is 71.5 Å². The van der Waals surface area contributed by atoms with E-state index in [4.69, 9.17) is 0 Å². The normalized spacial score (nSPS) is 11.5. The molecule has 0 atom stereocenters. The van der Waals surface area contributed by atoms with Gasteiger partial charge in [0, 0.05) is 30.7 Å². The zero-order chi connectivity index (χ0) is 18.2. The molecule has 0 saturated heterocycles. The zero-order valence-corrected chi connectivity index (χ0v) is 15.7. The highest BCUT2D eigenvalue weighted by atomic mass is 32.2. The summed E-state index contributed by atoms with van der Waals surface area (Å²) in [6.07, 6.45) is 4.09. The van der Waals surface area contributed by atoms with E-state index < -0.39 is 10.0 Å². The van der Waals surface area contributed by atoms with Gasteiger partial charge in [0.05, 0.1) is 4.90 Å². The summed E-state index contributed by atoms with van der Waals surface area (Å²) in [7, 11) is -1.63. The van der Waals surface area contributed by atoms with Gasteiger partial charge in [0.2, 0.25) is 0 Å². The Hall–Kier alpha value is -2.53. The lowest BCUT2D eigenvalue weighted by atomic mass is 10.0. The van der Waals surface area contributed by atoms with Crippen LogP contribution < -0.4 is 4.72 Å². The van der Waals surface area contributed by atoms with Crippen LogP contribution in [0.15, 0.2) is 59.8 Å². The van der Waals surface area contributed by atoms with Gasteiger partial charge in [0.25, 0.3) is 10.0 Å². The van der Waals surface area contributed by atoms with E-state index >= 15 is 0 Å². The van der Waals surface area contributed by atoms with Crippen molar-refractivity contribution in [2.75, 3.05) is 4.72 Å². The summed E-state index contributed by atoms with van der Waals surface area (Å²) < 4.78 is 30.0. The Labute approximate surface area is 149 Å². The third kappa shape index (κ3) is 3.77. The Morgan fingerprint density at radius 3 is 2.16 bits per heavy atom. The molecule has 0 bridgehead atoms. The van der Waals surface area contributed by atoms with Crippen molar-refractivity contribution in [1.82, 2.24) is 4.57 Å². The predicted molar refractivity (Wildman–Crippen MR) is 102 cm³/mol. The minimum absolute atomic E-state index is 0.261. The first-order chi connectivity index (χ1) is 11.7. The van der Waals surface area contributed by atoms with Crippen molar-refractivity contribution in [2.45, 2.75) is 25.7 Å². The van der Waals surface area contributed by atoms with Crippen molar-refractivity contribution in [1.29, 1.82) is 0 Å². The lowest BCUT2D eigenvalue weighted by Crippen LogP contribution is -2.13. The van der Waals surface area contributed by atoms with Crippen LogP contribution in [0.4, 0.5) is 5.69 Å². The molecule has 0 aliphatic rings. The Morgan fingerprint density at radius 1 is 0.880 bits per heavy atom. The van der Waals surface area contributed by atoms with E-state index in [2.05, 4.69) is 10.8 Å². The minimum atomic E-state index is -3.61. The molecule has 130 valence electrons. The monoisotopic (exact) mass is 354 g/mol. The average Bonchev–Trinajstić information content (AvgIpc) is 2.85. The molecule has 0 amide bonds. The van der Waals surface area contributed by atoms with E-state index in [0.717, 1.165) is 27.8 Å². The molecular weight excluding hydrogens is 332 g/mol. The Bertz CT molecular complexity index is 1020. The first-order valence-electron chi connectivity index (χ1n) is 8.09. The van der Waals surface area contributed by atoms with Gasteiger partial charge < -0.3 is 4.57 Å². The molecule has 2 aromatic carbocycles. The van der Waals surface area contributed by atoms with Crippen LogP contribution in [0.1, 0.15) is 16.7 Å². The van der Waals surface area contributed by atoms with Gasteiger partial charge in [-0.05, 0) is 61.7 Å². The lowest BCUT2D eigenvalue weighted by Gasteiger charge is -2.11. The first kappa shape index (κ1) is 17.3. The van der Waals surface area contributed by atoms with E-state index in [1.165, 1.54) is 0 Å². The number of sulfonamides is 1. The molecule has 0 aliphatic carbocycles. The van der Waals surface area contributed by atoms with E-state index in [9.17, 15) is 8.42 Å². The molecule has 1 N–H and O–H groups in total. The van der Waals surface area contributed by atoms with E-state index in [1.807, 2.05) is 56.9 Å². The molecule has 1 heterocycles. The van der Waals surface area contributed by atoms with Gasteiger partial charge in [0.15, 0.2) is 0 Å². The molecule has 0 saturated carbocycles. The lowest BCUT2D eigenvalue weighted by molar-refractivity contribution is 0.601. The maximum atomic E-state index is 12.6. The Kier molecular flexibility index (Phi) is 4.43. The molecule has 0 aliphatic heterocycles. The van der Waals surface area contributed by atoms with Crippen LogP contribution in [0.5, 0.6) is 0 Å².